The van der Waals surface area contributed by atoms with Gasteiger partial charge in [-0.2, -0.15) is 0 Å². The van der Waals surface area contributed by atoms with E-state index >= 15 is 0 Å². The van der Waals surface area contributed by atoms with Crippen LogP contribution >= 0.6 is 0 Å². The standard InChI is InChI=1S/C8H14N2O2/c1-8(2)7(11)9-5-3-12-4-6(5)10-8/h5-6,10H,3-4H2,1-2H3,(H,9,11)/t5-,6-/m0/s1. The lowest BCUT2D eigenvalue weighted by Gasteiger charge is -2.37. The van der Waals surface area contributed by atoms with E-state index in [9.17, 15) is 4.79 Å². The van der Waals surface area contributed by atoms with Crippen molar-refractivity contribution in [3.63, 3.8) is 0 Å². The smallest absolute Gasteiger partial charge is 0.240 e. The molecule has 68 valence electrons. The van der Waals surface area contributed by atoms with Crippen molar-refractivity contribution in [2.75, 3.05) is 13.2 Å². The zero-order valence-corrected chi connectivity index (χ0v) is 7.39. The third-order valence-electron chi connectivity index (χ3n) is 2.51. The van der Waals surface area contributed by atoms with Crippen molar-refractivity contribution in [3.8, 4) is 0 Å². The molecule has 2 rings (SSSR count). The molecule has 2 aliphatic heterocycles. The molecule has 2 saturated heterocycles. The first-order valence-corrected chi connectivity index (χ1v) is 4.26. The van der Waals surface area contributed by atoms with Gasteiger partial charge in [-0.25, -0.2) is 0 Å². The third-order valence-corrected chi connectivity index (χ3v) is 2.51. The van der Waals surface area contributed by atoms with E-state index < -0.39 is 5.54 Å². The Hall–Kier alpha value is -0.610. The first-order chi connectivity index (χ1) is 5.59. The third kappa shape index (κ3) is 1.11. The first-order valence-electron chi connectivity index (χ1n) is 4.26. The lowest BCUT2D eigenvalue weighted by molar-refractivity contribution is -0.129. The number of amides is 1. The highest BCUT2D eigenvalue weighted by molar-refractivity contribution is 5.86. The van der Waals surface area contributed by atoms with E-state index in [1.165, 1.54) is 0 Å². The van der Waals surface area contributed by atoms with E-state index in [1.807, 2.05) is 13.8 Å². The van der Waals surface area contributed by atoms with E-state index in [1.54, 1.807) is 0 Å². The van der Waals surface area contributed by atoms with Gasteiger partial charge in [0.2, 0.25) is 5.91 Å². The molecular formula is C8H14N2O2. The molecule has 0 aromatic rings. The summed E-state index contributed by atoms with van der Waals surface area (Å²) in [5.41, 5.74) is -0.450. The molecule has 2 aliphatic rings. The van der Waals surface area contributed by atoms with Gasteiger partial charge in [-0.3, -0.25) is 10.1 Å². The summed E-state index contributed by atoms with van der Waals surface area (Å²) in [5.74, 6) is 0.0641. The Morgan fingerprint density at radius 3 is 2.83 bits per heavy atom. The van der Waals surface area contributed by atoms with Gasteiger partial charge in [0, 0.05) is 0 Å². The summed E-state index contributed by atoms with van der Waals surface area (Å²) in [6.07, 6.45) is 0. The fourth-order valence-electron chi connectivity index (χ4n) is 1.72. The number of nitrogens with one attached hydrogen (secondary N) is 2. The Kier molecular flexibility index (Phi) is 1.63. The molecule has 4 nitrogen and oxygen atoms in total. The van der Waals surface area contributed by atoms with Gasteiger partial charge in [-0.1, -0.05) is 0 Å². The minimum atomic E-state index is -0.450. The molecule has 0 aromatic carbocycles. The van der Waals surface area contributed by atoms with Crippen LogP contribution < -0.4 is 10.6 Å². The van der Waals surface area contributed by atoms with Crippen LogP contribution in [0.3, 0.4) is 0 Å². The highest BCUT2D eigenvalue weighted by Crippen LogP contribution is 2.16. The quantitative estimate of drug-likeness (QED) is 0.503. The fraction of sp³-hybridized carbons (Fsp3) is 0.875. The monoisotopic (exact) mass is 170 g/mol. The Balaban J connectivity index is 2.14. The van der Waals surface area contributed by atoms with Gasteiger partial charge < -0.3 is 10.1 Å². The number of hydrogen-bond donors (Lipinski definition) is 2. The van der Waals surface area contributed by atoms with Gasteiger partial charge in [0.1, 0.15) is 0 Å². The molecule has 0 unspecified atom stereocenters. The van der Waals surface area contributed by atoms with Gasteiger partial charge in [0.15, 0.2) is 0 Å². The van der Waals surface area contributed by atoms with Crippen molar-refractivity contribution in [2.24, 2.45) is 0 Å². The molecule has 0 aromatic heterocycles. The van der Waals surface area contributed by atoms with Gasteiger partial charge >= 0.3 is 0 Å². The molecule has 12 heavy (non-hydrogen) atoms. The number of carbonyl (C=O) groups is 1. The molecule has 0 aliphatic carbocycles. The van der Waals surface area contributed by atoms with Crippen LogP contribution in [0, 0.1) is 0 Å². The number of hydrogen-bond acceptors (Lipinski definition) is 3. The van der Waals surface area contributed by atoms with Crippen molar-refractivity contribution in [1.29, 1.82) is 0 Å². The summed E-state index contributed by atoms with van der Waals surface area (Å²) in [4.78, 5) is 11.4. The second-order valence-corrected chi connectivity index (χ2v) is 3.99. The second kappa shape index (κ2) is 2.44. The van der Waals surface area contributed by atoms with E-state index in [0.29, 0.717) is 13.2 Å². The number of rotatable bonds is 0. The van der Waals surface area contributed by atoms with Gasteiger partial charge in [-0.05, 0) is 13.8 Å². The zero-order chi connectivity index (χ0) is 8.77. The SMILES string of the molecule is CC1(C)N[C@H]2COC[C@@H]2NC1=O. The molecule has 0 spiro atoms. The maximum Gasteiger partial charge on any atom is 0.240 e. The van der Waals surface area contributed by atoms with E-state index in [0.717, 1.165) is 0 Å². The summed E-state index contributed by atoms with van der Waals surface area (Å²) < 4.78 is 5.26. The predicted octanol–water partition coefficient (Wildman–Crippen LogP) is -0.748. The van der Waals surface area contributed by atoms with Crippen LogP contribution in [0.2, 0.25) is 0 Å². The first kappa shape index (κ1) is 8.01. The van der Waals surface area contributed by atoms with Gasteiger partial charge in [0.05, 0.1) is 30.8 Å². The topological polar surface area (TPSA) is 50.4 Å². The largest absolute Gasteiger partial charge is 0.378 e. The molecule has 2 N–H and O–H groups in total. The molecule has 2 heterocycles. The van der Waals surface area contributed by atoms with E-state index in [2.05, 4.69) is 10.6 Å². The Labute approximate surface area is 71.7 Å². The van der Waals surface area contributed by atoms with Crippen LogP contribution in [0.25, 0.3) is 0 Å². The molecule has 4 heteroatoms. The van der Waals surface area contributed by atoms with Gasteiger partial charge in [0.25, 0.3) is 0 Å². The molecule has 0 saturated carbocycles. The normalized spacial score (nSPS) is 39.0. The van der Waals surface area contributed by atoms with Crippen LogP contribution in [-0.4, -0.2) is 36.7 Å². The van der Waals surface area contributed by atoms with Gasteiger partial charge in [-0.15, -0.1) is 0 Å². The number of piperazine rings is 1. The molecule has 2 atom stereocenters. The second-order valence-electron chi connectivity index (χ2n) is 3.99. The maximum atomic E-state index is 11.4. The lowest BCUT2D eigenvalue weighted by Crippen LogP contribution is -2.68. The van der Waals surface area contributed by atoms with E-state index in [4.69, 9.17) is 4.74 Å². The highest BCUT2D eigenvalue weighted by atomic mass is 16.5. The van der Waals surface area contributed by atoms with Crippen molar-refractivity contribution >= 4 is 5.91 Å². The zero-order valence-electron chi connectivity index (χ0n) is 7.39. The highest BCUT2D eigenvalue weighted by Gasteiger charge is 2.42. The Bertz CT molecular complexity index is 215. The van der Waals surface area contributed by atoms with Crippen LogP contribution in [0.5, 0.6) is 0 Å². The predicted molar refractivity (Wildman–Crippen MR) is 43.8 cm³/mol. The summed E-state index contributed by atoms with van der Waals surface area (Å²) in [6, 6.07) is 0.461. The van der Waals surface area contributed by atoms with Crippen molar-refractivity contribution in [2.45, 2.75) is 31.5 Å². The summed E-state index contributed by atoms with van der Waals surface area (Å²) in [6.45, 7) is 5.11. The minimum Gasteiger partial charge on any atom is -0.378 e. The van der Waals surface area contributed by atoms with Crippen LogP contribution in [0.1, 0.15) is 13.8 Å². The van der Waals surface area contributed by atoms with Crippen LogP contribution in [0.4, 0.5) is 0 Å². The van der Waals surface area contributed by atoms with Crippen molar-refractivity contribution in [3.05, 3.63) is 0 Å². The summed E-state index contributed by atoms with van der Waals surface area (Å²) in [5, 5.41) is 6.21. The average Bonchev–Trinajstić information content (AvgIpc) is 2.35. The molecular weight excluding hydrogens is 156 g/mol. The molecule has 0 bridgehead atoms. The Morgan fingerprint density at radius 2 is 2.08 bits per heavy atom. The number of carbonyl (C=O) groups excluding carboxylic acids is 1. The Morgan fingerprint density at radius 1 is 1.42 bits per heavy atom. The number of fused-ring (bicyclic) bond motifs is 1. The lowest BCUT2D eigenvalue weighted by atomic mass is 9.96. The summed E-state index contributed by atoms with van der Waals surface area (Å²) >= 11 is 0. The molecule has 0 radical (unpaired) electrons. The molecule has 1 amide bonds. The van der Waals surface area contributed by atoms with Crippen LogP contribution in [0.15, 0.2) is 0 Å². The van der Waals surface area contributed by atoms with E-state index in [-0.39, 0.29) is 18.0 Å². The fourth-order valence-corrected chi connectivity index (χ4v) is 1.72. The van der Waals surface area contributed by atoms with Crippen molar-refractivity contribution in [1.82, 2.24) is 10.6 Å². The minimum absolute atomic E-state index is 0.0641. The van der Waals surface area contributed by atoms with Crippen LogP contribution in [-0.2, 0) is 9.53 Å². The van der Waals surface area contributed by atoms with Crippen molar-refractivity contribution < 1.29 is 9.53 Å². The molecule has 2 fully saturated rings. The number of ether oxygens (including phenoxy) is 1. The maximum absolute atomic E-state index is 11.4. The summed E-state index contributed by atoms with van der Waals surface area (Å²) in [7, 11) is 0. The average molecular weight is 170 g/mol.